The maximum atomic E-state index is 12.8. The molecule has 1 aromatic carbocycles. The van der Waals surface area contributed by atoms with Gasteiger partial charge < -0.3 is 24.2 Å². The number of carboxylic acid groups (broad SMARTS) is 1. The predicted octanol–water partition coefficient (Wildman–Crippen LogP) is 2.04. The van der Waals surface area contributed by atoms with Crippen molar-refractivity contribution in [1.82, 2.24) is 4.90 Å². The number of ether oxygens (including phenoxy) is 3. The molecule has 2 fully saturated rings. The Morgan fingerprint density at radius 1 is 1.08 bits per heavy atom. The van der Waals surface area contributed by atoms with E-state index in [1.165, 1.54) is 21.3 Å². The second-order valence-corrected chi connectivity index (χ2v) is 6.66. The predicted molar refractivity (Wildman–Crippen MR) is 89.4 cm³/mol. The molecular formula is C18H23NO6. The van der Waals surface area contributed by atoms with Crippen LogP contribution >= 0.6 is 0 Å². The van der Waals surface area contributed by atoms with E-state index in [0.717, 1.165) is 19.3 Å². The Kier molecular flexibility index (Phi) is 4.49. The second kappa shape index (κ2) is 6.46. The van der Waals surface area contributed by atoms with Gasteiger partial charge in [-0.25, -0.2) is 0 Å². The van der Waals surface area contributed by atoms with E-state index in [4.69, 9.17) is 19.3 Å². The summed E-state index contributed by atoms with van der Waals surface area (Å²) >= 11 is 0. The molecule has 1 spiro atoms. The minimum Gasteiger partial charge on any atom is -0.493 e. The van der Waals surface area contributed by atoms with Crippen LogP contribution in [0.1, 0.15) is 29.6 Å². The van der Waals surface area contributed by atoms with Gasteiger partial charge in [0.05, 0.1) is 27.2 Å². The Morgan fingerprint density at radius 3 is 2.04 bits per heavy atom. The van der Waals surface area contributed by atoms with E-state index < -0.39 is 5.97 Å². The third kappa shape index (κ3) is 2.99. The average Bonchev–Trinajstić information content (AvgIpc) is 3.34. The molecule has 1 unspecified atom stereocenters. The summed E-state index contributed by atoms with van der Waals surface area (Å²) in [5.74, 6) is 0.247. The van der Waals surface area contributed by atoms with E-state index in [2.05, 4.69) is 0 Å². The molecule has 0 bridgehead atoms. The number of piperidine rings is 1. The Balaban J connectivity index is 1.75. The van der Waals surface area contributed by atoms with E-state index in [9.17, 15) is 9.59 Å². The van der Waals surface area contributed by atoms with Crippen molar-refractivity contribution in [3.8, 4) is 17.2 Å². The van der Waals surface area contributed by atoms with Crippen LogP contribution in [-0.4, -0.2) is 56.3 Å². The Bertz CT molecular complexity index is 668. The standard InChI is InChI=1S/C18H23NO6/c1-23-13-8-11(9-14(24-2)15(13)25-3)16(20)19-6-4-18(5-7-19)10-12(18)17(21)22/h8-9,12H,4-7,10H2,1-3H3,(H,21,22). The second-order valence-electron chi connectivity index (χ2n) is 6.66. The summed E-state index contributed by atoms with van der Waals surface area (Å²) in [6.07, 6.45) is 2.20. The van der Waals surface area contributed by atoms with E-state index in [-0.39, 0.29) is 17.2 Å². The lowest BCUT2D eigenvalue weighted by Gasteiger charge is -2.32. The van der Waals surface area contributed by atoms with Crippen LogP contribution in [0.2, 0.25) is 0 Å². The topological polar surface area (TPSA) is 85.3 Å². The van der Waals surface area contributed by atoms with Crippen molar-refractivity contribution in [1.29, 1.82) is 0 Å². The molecule has 1 amide bonds. The molecule has 0 aromatic heterocycles. The molecule has 2 aliphatic rings. The molecule has 136 valence electrons. The van der Waals surface area contributed by atoms with Gasteiger partial charge in [0.15, 0.2) is 11.5 Å². The number of carboxylic acids is 1. The Labute approximate surface area is 146 Å². The van der Waals surface area contributed by atoms with Gasteiger partial charge in [-0.3, -0.25) is 9.59 Å². The van der Waals surface area contributed by atoms with Crippen molar-refractivity contribution in [3.05, 3.63) is 17.7 Å². The molecule has 1 aromatic rings. The van der Waals surface area contributed by atoms with E-state index in [0.29, 0.717) is 35.9 Å². The molecule has 1 saturated carbocycles. The number of carbonyl (C=O) groups is 2. The van der Waals surface area contributed by atoms with Crippen molar-refractivity contribution in [2.75, 3.05) is 34.4 Å². The number of hydrogen-bond acceptors (Lipinski definition) is 5. The van der Waals surface area contributed by atoms with Crippen molar-refractivity contribution in [3.63, 3.8) is 0 Å². The normalized spacial score (nSPS) is 20.9. The first-order valence-electron chi connectivity index (χ1n) is 8.28. The molecule has 3 rings (SSSR count). The highest BCUT2D eigenvalue weighted by Gasteiger charge is 2.59. The lowest BCUT2D eigenvalue weighted by Crippen LogP contribution is -2.40. The van der Waals surface area contributed by atoms with Crippen LogP contribution in [0.5, 0.6) is 17.2 Å². The molecule has 1 atom stereocenters. The largest absolute Gasteiger partial charge is 0.493 e. The SMILES string of the molecule is COc1cc(C(=O)N2CCC3(CC2)CC3C(=O)O)cc(OC)c1OC. The molecule has 1 heterocycles. The lowest BCUT2D eigenvalue weighted by molar-refractivity contribution is -0.139. The zero-order valence-electron chi connectivity index (χ0n) is 14.7. The summed E-state index contributed by atoms with van der Waals surface area (Å²) in [6.45, 7) is 1.14. The fourth-order valence-electron chi connectivity index (χ4n) is 3.79. The number of methoxy groups -OCH3 is 3. The fraction of sp³-hybridized carbons (Fsp3) is 0.556. The molecular weight excluding hydrogens is 326 g/mol. The molecule has 0 radical (unpaired) electrons. The Morgan fingerprint density at radius 2 is 1.64 bits per heavy atom. The number of carbonyl (C=O) groups excluding carboxylic acids is 1. The number of nitrogens with zero attached hydrogens (tertiary/aromatic N) is 1. The van der Waals surface area contributed by atoms with Gasteiger partial charge in [0.2, 0.25) is 5.75 Å². The van der Waals surface area contributed by atoms with Gasteiger partial charge in [-0.15, -0.1) is 0 Å². The summed E-state index contributed by atoms with van der Waals surface area (Å²) < 4.78 is 15.9. The summed E-state index contributed by atoms with van der Waals surface area (Å²) in [4.78, 5) is 25.8. The number of amides is 1. The van der Waals surface area contributed by atoms with Crippen LogP contribution in [0.4, 0.5) is 0 Å². The molecule has 1 N–H and O–H groups in total. The van der Waals surface area contributed by atoms with Crippen molar-refractivity contribution in [2.24, 2.45) is 11.3 Å². The van der Waals surface area contributed by atoms with Crippen LogP contribution in [0.25, 0.3) is 0 Å². The highest BCUT2D eigenvalue weighted by Crippen LogP contribution is 2.59. The molecule has 7 nitrogen and oxygen atoms in total. The molecule has 1 aliphatic carbocycles. The van der Waals surface area contributed by atoms with Crippen molar-refractivity contribution in [2.45, 2.75) is 19.3 Å². The quantitative estimate of drug-likeness (QED) is 0.876. The van der Waals surface area contributed by atoms with Crippen LogP contribution < -0.4 is 14.2 Å². The summed E-state index contributed by atoms with van der Waals surface area (Å²) in [7, 11) is 4.53. The van der Waals surface area contributed by atoms with E-state index >= 15 is 0 Å². The summed E-state index contributed by atoms with van der Waals surface area (Å²) in [5, 5.41) is 9.17. The van der Waals surface area contributed by atoms with Gasteiger partial charge in [0.1, 0.15) is 0 Å². The molecule has 1 aliphatic heterocycles. The smallest absolute Gasteiger partial charge is 0.307 e. The maximum absolute atomic E-state index is 12.8. The number of aliphatic carboxylic acids is 1. The monoisotopic (exact) mass is 349 g/mol. The summed E-state index contributed by atoms with van der Waals surface area (Å²) in [5.41, 5.74) is 0.369. The first-order chi connectivity index (χ1) is 12.0. The number of benzene rings is 1. The van der Waals surface area contributed by atoms with Crippen molar-refractivity contribution >= 4 is 11.9 Å². The first-order valence-corrected chi connectivity index (χ1v) is 8.28. The van der Waals surface area contributed by atoms with Gasteiger partial charge in [-0.1, -0.05) is 0 Å². The lowest BCUT2D eigenvalue weighted by atomic mass is 9.90. The molecule has 1 saturated heterocycles. The zero-order valence-corrected chi connectivity index (χ0v) is 14.7. The minimum atomic E-state index is -0.718. The van der Waals surface area contributed by atoms with Crippen molar-refractivity contribution < 1.29 is 28.9 Å². The van der Waals surface area contributed by atoms with E-state index in [1.807, 2.05) is 0 Å². The van der Waals surface area contributed by atoms with Crippen LogP contribution in [0, 0.1) is 11.3 Å². The highest BCUT2D eigenvalue weighted by molar-refractivity contribution is 5.95. The van der Waals surface area contributed by atoms with Gasteiger partial charge in [-0.2, -0.15) is 0 Å². The molecule has 25 heavy (non-hydrogen) atoms. The van der Waals surface area contributed by atoms with E-state index in [1.54, 1.807) is 17.0 Å². The fourth-order valence-corrected chi connectivity index (χ4v) is 3.79. The third-order valence-corrected chi connectivity index (χ3v) is 5.45. The van der Waals surface area contributed by atoms with Crippen LogP contribution in [0.15, 0.2) is 12.1 Å². The molecule has 7 heteroatoms. The van der Waals surface area contributed by atoms with Gasteiger partial charge >= 0.3 is 5.97 Å². The number of likely N-dealkylation sites (tertiary alicyclic amines) is 1. The first kappa shape index (κ1) is 17.4. The third-order valence-electron chi connectivity index (χ3n) is 5.45. The van der Waals surface area contributed by atoms with Gasteiger partial charge in [0, 0.05) is 18.7 Å². The highest BCUT2D eigenvalue weighted by atomic mass is 16.5. The average molecular weight is 349 g/mol. The van der Waals surface area contributed by atoms with Crippen LogP contribution in [0.3, 0.4) is 0 Å². The van der Waals surface area contributed by atoms with Crippen LogP contribution in [-0.2, 0) is 4.79 Å². The minimum absolute atomic E-state index is 0.0993. The van der Waals surface area contributed by atoms with Gasteiger partial charge in [-0.05, 0) is 36.8 Å². The van der Waals surface area contributed by atoms with Gasteiger partial charge in [0.25, 0.3) is 5.91 Å². The zero-order chi connectivity index (χ0) is 18.2. The Hall–Kier alpha value is -2.44. The summed E-state index contributed by atoms with van der Waals surface area (Å²) in [6, 6.07) is 3.29. The number of rotatable bonds is 5. The number of hydrogen-bond donors (Lipinski definition) is 1. The maximum Gasteiger partial charge on any atom is 0.307 e.